The number of nitrogens with zero attached hydrogens (tertiary/aromatic N) is 1. The molecule has 1 saturated heterocycles. The van der Waals surface area contributed by atoms with Crippen LogP contribution >= 0.6 is 0 Å². The van der Waals surface area contributed by atoms with E-state index < -0.39 is 11.4 Å². The molecule has 1 aromatic carbocycles. The normalized spacial score (nSPS) is 16.9. The molecule has 20 heavy (non-hydrogen) atoms. The Bertz CT molecular complexity index is 582. The molecule has 0 aliphatic carbocycles. The van der Waals surface area contributed by atoms with E-state index >= 15 is 0 Å². The van der Waals surface area contributed by atoms with Crippen LogP contribution in [0.25, 0.3) is 5.76 Å². The number of ether oxygens (including phenoxy) is 1. The van der Waals surface area contributed by atoms with E-state index in [9.17, 15) is 9.90 Å². The van der Waals surface area contributed by atoms with Gasteiger partial charge in [0.15, 0.2) is 0 Å². The zero-order valence-electron chi connectivity index (χ0n) is 11.9. The molecule has 1 heterocycles. The van der Waals surface area contributed by atoms with E-state index in [1.807, 2.05) is 13.8 Å². The number of rotatable bonds is 2. The van der Waals surface area contributed by atoms with Gasteiger partial charge >= 0.3 is 35.5 Å². The van der Waals surface area contributed by atoms with Gasteiger partial charge in [-0.1, -0.05) is 30.0 Å². The first-order valence-corrected chi connectivity index (χ1v) is 6.05. The van der Waals surface area contributed by atoms with Gasteiger partial charge in [-0.3, -0.25) is 0 Å². The Kier molecular flexibility index (Phi) is 5.41. The number of cyclic esters (lactones) is 1. The largest absolute Gasteiger partial charge is 1.00 e. The van der Waals surface area contributed by atoms with E-state index in [-0.39, 0.29) is 47.5 Å². The molecule has 0 N–H and O–H groups in total. The molecule has 1 aliphatic rings. The van der Waals surface area contributed by atoms with Crippen LogP contribution in [0.3, 0.4) is 0 Å². The summed E-state index contributed by atoms with van der Waals surface area (Å²) in [6, 6.07) is 9.00. The molecule has 0 radical (unpaired) electrons. The summed E-state index contributed by atoms with van der Waals surface area (Å²) in [6.45, 7) is 3.90. The number of benzene rings is 1. The molecule has 0 aromatic heterocycles. The summed E-state index contributed by atoms with van der Waals surface area (Å²) in [4.78, 5) is 11.3. The molecule has 0 atom stereocenters. The molecule has 1 aliphatic heterocycles. The summed E-state index contributed by atoms with van der Waals surface area (Å²) >= 11 is 0. The van der Waals surface area contributed by atoms with Crippen molar-refractivity contribution in [1.29, 1.82) is 5.26 Å². The fourth-order valence-corrected chi connectivity index (χ4v) is 1.92. The molecule has 4 nitrogen and oxygen atoms in total. The average Bonchev–Trinajstić information content (AvgIpc) is 2.84. The summed E-state index contributed by atoms with van der Waals surface area (Å²) in [5.74, 6) is -0.810. The van der Waals surface area contributed by atoms with Crippen molar-refractivity contribution in [3.8, 4) is 6.07 Å². The molecule has 0 saturated carbocycles. The first-order valence-electron chi connectivity index (χ1n) is 6.05. The van der Waals surface area contributed by atoms with E-state index in [1.54, 1.807) is 24.3 Å². The van der Waals surface area contributed by atoms with Crippen molar-refractivity contribution in [3.05, 3.63) is 41.0 Å². The van der Waals surface area contributed by atoms with E-state index in [2.05, 4.69) is 6.07 Å². The molecule has 1 aromatic rings. The van der Waals surface area contributed by atoms with Crippen molar-refractivity contribution in [1.82, 2.24) is 0 Å². The van der Waals surface area contributed by atoms with Gasteiger partial charge in [0.1, 0.15) is 0 Å². The van der Waals surface area contributed by atoms with Crippen molar-refractivity contribution in [2.24, 2.45) is 0 Å². The molecule has 98 valence electrons. The van der Waals surface area contributed by atoms with Gasteiger partial charge in [0.05, 0.1) is 18.1 Å². The molecule has 5 heteroatoms. The van der Waals surface area contributed by atoms with Crippen LogP contribution in [0.1, 0.15) is 31.4 Å². The van der Waals surface area contributed by atoms with Crippen molar-refractivity contribution in [2.75, 3.05) is 6.61 Å². The maximum absolute atomic E-state index is 12.1. The third-order valence-corrected chi connectivity index (χ3v) is 3.25. The number of hydrogen-bond acceptors (Lipinski definition) is 4. The van der Waals surface area contributed by atoms with Gasteiger partial charge in [-0.05, 0) is 25.0 Å². The number of nitriles is 1. The molecular formula is C15H14NNaO3. The molecule has 0 unspecified atom stereocenters. The van der Waals surface area contributed by atoms with Crippen molar-refractivity contribution < 1.29 is 44.2 Å². The zero-order chi connectivity index (χ0) is 14.0. The van der Waals surface area contributed by atoms with Crippen LogP contribution in [0.2, 0.25) is 0 Å². The van der Waals surface area contributed by atoms with E-state index in [4.69, 9.17) is 10.00 Å². The van der Waals surface area contributed by atoms with Gasteiger partial charge in [0.2, 0.25) is 0 Å². The topological polar surface area (TPSA) is 73.2 Å². The number of hydrogen-bond donors (Lipinski definition) is 0. The smallest absolute Gasteiger partial charge is 0.872 e. The van der Waals surface area contributed by atoms with Crippen molar-refractivity contribution in [3.63, 3.8) is 0 Å². The van der Waals surface area contributed by atoms with Crippen LogP contribution in [0.5, 0.6) is 0 Å². The van der Waals surface area contributed by atoms with Gasteiger partial charge < -0.3 is 9.84 Å². The molecule has 0 bridgehead atoms. The fourth-order valence-electron chi connectivity index (χ4n) is 1.92. The standard InChI is InChI=1S/C15H15NO3.Na/c1-15(2,9-16)11-5-3-10(4-6-11)13(17)12-7-8-19-14(12)18;/h3-6,17H,7-8H2,1-2H3;/q;+1/p-1/b13-12-;. The predicted molar refractivity (Wildman–Crippen MR) is 67.6 cm³/mol. The average molecular weight is 279 g/mol. The Labute approximate surface area is 140 Å². The van der Waals surface area contributed by atoms with Crippen LogP contribution in [0.4, 0.5) is 0 Å². The summed E-state index contributed by atoms with van der Waals surface area (Å²) in [5, 5.41) is 21.1. The van der Waals surface area contributed by atoms with Crippen LogP contribution < -0.4 is 34.7 Å². The van der Waals surface area contributed by atoms with Crippen LogP contribution in [0, 0.1) is 11.3 Å². The Morgan fingerprint density at radius 1 is 1.35 bits per heavy atom. The van der Waals surface area contributed by atoms with Gasteiger partial charge in [-0.2, -0.15) is 5.26 Å². The third-order valence-electron chi connectivity index (χ3n) is 3.25. The van der Waals surface area contributed by atoms with Crippen molar-refractivity contribution >= 4 is 11.7 Å². The molecule has 2 rings (SSSR count). The quantitative estimate of drug-likeness (QED) is 0.286. The van der Waals surface area contributed by atoms with Crippen LogP contribution in [-0.4, -0.2) is 12.6 Å². The first kappa shape index (κ1) is 16.8. The van der Waals surface area contributed by atoms with E-state index in [1.165, 1.54) is 0 Å². The van der Waals surface area contributed by atoms with Gasteiger partial charge in [0, 0.05) is 12.0 Å². The number of carbonyl (C=O) groups excluding carboxylic acids is 1. The second kappa shape index (κ2) is 6.45. The summed E-state index contributed by atoms with van der Waals surface area (Å²) < 4.78 is 4.76. The molecule has 0 spiro atoms. The van der Waals surface area contributed by atoms with Gasteiger partial charge in [-0.15, -0.1) is 0 Å². The maximum atomic E-state index is 12.1. The second-order valence-corrected chi connectivity index (χ2v) is 5.01. The number of esters is 1. The second-order valence-electron chi connectivity index (χ2n) is 5.01. The zero-order valence-corrected chi connectivity index (χ0v) is 13.9. The van der Waals surface area contributed by atoms with Crippen molar-refractivity contribution in [2.45, 2.75) is 25.7 Å². The van der Waals surface area contributed by atoms with E-state index in [0.29, 0.717) is 12.0 Å². The van der Waals surface area contributed by atoms with Crippen LogP contribution in [0.15, 0.2) is 29.8 Å². The van der Waals surface area contributed by atoms with Gasteiger partial charge in [-0.25, -0.2) is 4.79 Å². The van der Waals surface area contributed by atoms with Gasteiger partial charge in [0.25, 0.3) is 0 Å². The minimum absolute atomic E-state index is 0. The Balaban J connectivity index is 0.00000200. The first-order chi connectivity index (χ1) is 8.95. The predicted octanol–water partition coefficient (Wildman–Crippen LogP) is -1.49. The van der Waals surface area contributed by atoms with Crippen LogP contribution in [-0.2, 0) is 14.9 Å². The van der Waals surface area contributed by atoms with E-state index in [0.717, 1.165) is 5.56 Å². The minimum atomic E-state index is -0.596. The summed E-state index contributed by atoms with van der Waals surface area (Å²) in [5.41, 5.74) is 0.894. The third kappa shape index (κ3) is 3.24. The Morgan fingerprint density at radius 3 is 2.40 bits per heavy atom. The monoisotopic (exact) mass is 279 g/mol. The number of carbonyl (C=O) groups is 1. The maximum Gasteiger partial charge on any atom is 1.00 e. The fraction of sp³-hybridized carbons (Fsp3) is 0.333. The molecule has 1 fully saturated rings. The SMILES string of the molecule is CC(C)(C#N)c1ccc(/C([O-])=C2\CCOC2=O)cc1.[Na+]. The molecular weight excluding hydrogens is 265 g/mol. The minimum Gasteiger partial charge on any atom is -0.872 e. The summed E-state index contributed by atoms with van der Waals surface area (Å²) in [6.07, 6.45) is 0.364. The summed E-state index contributed by atoms with van der Waals surface area (Å²) in [7, 11) is 0. The Hall–Kier alpha value is -1.28. The molecule has 0 amide bonds. The Morgan fingerprint density at radius 2 is 1.95 bits per heavy atom.